The largest absolute Gasteiger partial charge is 0.475 e. The molecule has 39 heavy (non-hydrogen) atoms. The van der Waals surface area contributed by atoms with E-state index in [-0.39, 0.29) is 23.2 Å². The van der Waals surface area contributed by atoms with Gasteiger partial charge in [0.25, 0.3) is 0 Å². The van der Waals surface area contributed by atoms with E-state index in [9.17, 15) is 10.5 Å². The predicted octanol–water partition coefficient (Wildman–Crippen LogP) is 10.2. The molecule has 4 nitrogen and oxygen atoms in total. The number of rotatable bonds is 8. The third-order valence-corrected chi connectivity index (χ3v) is 11.9. The minimum Gasteiger partial charge on any atom is -0.475 e. The first kappa shape index (κ1) is 28.3. The van der Waals surface area contributed by atoms with Crippen LogP contribution in [0, 0.1) is 51.7 Å². The molecule has 0 aromatic heterocycles. The van der Waals surface area contributed by atoms with Crippen LogP contribution in [0.3, 0.4) is 0 Å². The normalized spacial score (nSPS) is 37.1. The lowest BCUT2D eigenvalue weighted by Gasteiger charge is -2.58. The zero-order valence-corrected chi connectivity index (χ0v) is 25.0. The van der Waals surface area contributed by atoms with Gasteiger partial charge in [-0.15, -0.1) is 0 Å². The highest BCUT2D eigenvalue weighted by Crippen LogP contribution is 2.67. The van der Waals surface area contributed by atoms with E-state index >= 15 is 0 Å². The number of benzene rings is 1. The number of hydrogen-bond acceptors (Lipinski definition) is 3. The SMILES string of the molecule is CC(C)CCC[C@@H](C)[C@H]1CC[C@H]2[C@@H]3CC=C4C[C@@H](O/C(O)=C(\[N+]#N)c5ccccc5)CC[C@]4(C)[C@H]3CC[C@]12C. The molecule has 0 saturated heterocycles. The van der Waals surface area contributed by atoms with Crippen LogP contribution < -0.4 is 0 Å². The average molecular weight is 532 g/mol. The van der Waals surface area contributed by atoms with Crippen LogP contribution in [0.4, 0.5) is 0 Å². The number of nitrogens with zero attached hydrogens (tertiary/aromatic N) is 2. The Kier molecular flexibility index (Phi) is 8.19. The summed E-state index contributed by atoms with van der Waals surface area (Å²) >= 11 is 0. The van der Waals surface area contributed by atoms with Crippen LogP contribution >= 0.6 is 0 Å². The molecule has 1 aromatic rings. The first-order valence-corrected chi connectivity index (χ1v) is 15.9. The summed E-state index contributed by atoms with van der Waals surface area (Å²) in [6.45, 7) is 12.5. The number of ether oxygens (including phenoxy) is 1. The molecule has 4 aliphatic carbocycles. The van der Waals surface area contributed by atoms with Crippen LogP contribution in [-0.2, 0) is 4.74 Å². The van der Waals surface area contributed by atoms with Crippen molar-refractivity contribution >= 4 is 5.70 Å². The maximum atomic E-state index is 10.7. The molecule has 1 N–H and O–H groups in total. The summed E-state index contributed by atoms with van der Waals surface area (Å²) < 4.78 is 6.04. The summed E-state index contributed by atoms with van der Waals surface area (Å²) in [6.07, 6.45) is 16.3. The van der Waals surface area contributed by atoms with Gasteiger partial charge >= 0.3 is 11.6 Å². The van der Waals surface area contributed by atoms with E-state index in [4.69, 9.17) is 4.74 Å². The Morgan fingerprint density at radius 2 is 1.79 bits per heavy atom. The first-order valence-electron chi connectivity index (χ1n) is 15.9. The molecule has 0 heterocycles. The minimum absolute atomic E-state index is 0.0854. The molecule has 0 radical (unpaired) electrons. The van der Waals surface area contributed by atoms with Crippen LogP contribution in [0.1, 0.15) is 111 Å². The van der Waals surface area contributed by atoms with Crippen molar-refractivity contribution in [3.63, 3.8) is 0 Å². The topological polar surface area (TPSA) is 57.6 Å². The highest BCUT2D eigenvalue weighted by atomic mass is 16.6. The summed E-state index contributed by atoms with van der Waals surface area (Å²) in [4.78, 5) is 3.34. The van der Waals surface area contributed by atoms with Gasteiger partial charge in [-0.25, -0.2) is 0 Å². The maximum absolute atomic E-state index is 10.7. The van der Waals surface area contributed by atoms with Gasteiger partial charge in [-0.1, -0.05) is 83.7 Å². The van der Waals surface area contributed by atoms with Crippen molar-refractivity contribution in [3.05, 3.63) is 58.5 Å². The molecule has 3 saturated carbocycles. The summed E-state index contributed by atoms with van der Waals surface area (Å²) in [5.74, 6) is 4.73. The number of diazo groups is 1. The zero-order chi connectivity index (χ0) is 27.8. The van der Waals surface area contributed by atoms with Gasteiger partial charge in [0.2, 0.25) is 5.39 Å². The molecule has 212 valence electrons. The van der Waals surface area contributed by atoms with Gasteiger partial charge in [-0.2, -0.15) is 0 Å². The van der Waals surface area contributed by atoms with E-state index in [1.54, 1.807) is 0 Å². The number of aliphatic hydroxyl groups excluding tert-OH is 1. The molecule has 4 aliphatic rings. The molecule has 0 spiro atoms. The fourth-order valence-electron chi connectivity index (χ4n) is 9.79. The summed E-state index contributed by atoms with van der Waals surface area (Å²) in [5, 5.41) is 20.3. The minimum atomic E-state index is -0.278. The Morgan fingerprint density at radius 1 is 1.03 bits per heavy atom. The number of aliphatic hydroxyl groups is 1. The number of fused-ring (bicyclic) bond motifs is 5. The Balaban J connectivity index is 1.27. The second-order valence-electron chi connectivity index (χ2n) is 14.4. The monoisotopic (exact) mass is 531 g/mol. The summed E-state index contributed by atoms with van der Waals surface area (Å²) in [7, 11) is 0. The summed E-state index contributed by atoms with van der Waals surface area (Å²) in [5.41, 5.74) is 3.04. The van der Waals surface area contributed by atoms with Gasteiger partial charge < -0.3 is 9.84 Å². The van der Waals surface area contributed by atoms with Crippen LogP contribution in [0.15, 0.2) is 47.9 Å². The summed E-state index contributed by atoms with van der Waals surface area (Å²) in [6, 6.07) is 9.24. The molecule has 0 aliphatic heterocycles. The van der Waals surface area contributed by atoms with Gasteiger partial charge in [0, 0.05) is 6.42 Å². The van der Waals surface area contributed by atoms with Crippen molar-refractivity contribution < 1.29 is 9.84 Å². The van der Waals surface area contributed by atoms with E-state index < -0.39 is 0 Å². The second-order valence-corrected chi connectivity index (χ2v) is 14.4. The predicted molar refractivity (Wildman–Crippen MR) is 159 cm³/mol. The van der Waals surface area contributed by atoms with E-state index in [0.717, 1.165) is 54.8 Å². The van der Waals surface area contributed by atoms with E-state index in [0.29, 0.717) is 11.0 Å². The Morgan fingerprint density at radius 3 is 2.51 bits per heavy atom. The lowest BCUT2D eigenvalue weighted by molar-refractivity contribution is -0.0644. The van der Waals surface area contributed by atoms with Crippen molar-refractivity contribution in [1.29, 1.82) is 5.39 Å². The Hall–Kier alpha value is -2.28. The van der Waals surface area contributed by atoms with Crippen LogP contribution in [0.5, 0.6) is 0 Å². The van der Waals surface area contributed by atoms with Gasteiger partial charge in [0.15, 0.2) is 4.98 Å². The van der Waals surface area contributed by atoms with Crippen molar-refractivity contribution in [2.45, 2.75) is 111 Å². The highest BCUT2D eigenvalue weighted by Gasteiger charge is 2.59. The Bertz CT molecular complexity index is 1120. The fraction of sp³-hybridized carbons (Fsp3) is 0.714. The highest BCUT2D eigenvalue weighted by molar-refractivity contribution is 5.70. The van der Waals surface area contributed by atoms with Crippen LogP contribution in [0.25, 0.3) is 10.7 Å². The van der Waals surface area contributed by atoms with E-state index in [1.807, 2.05) is 30.3 Å². The quantitative estimate of drug-likeness (QED) is 0.206. The van der Waals surface area contributed by atoms with Gasteiger partial charge in [-0.3, -0.25) is 0 Å². The van der Waals surface area contributed by atoms with Crippen molar-refractivity contribution in [2.75, 3.05) is 0 Å². The van der Waals surface area contributed by atoms with E-state index in [1.165, 1.54) is 56.9 Å². The first-order chi connectivity index (χ1) is 18.7. The Labute approximate surface area is 236 Å². The standard InChI is InChI=1S/C35H50N2O2/c1-23(2)10-9-11-24(3)29-16-17-30-28-15-14-26-22-27(18-20-34(26,4)31(28)19-21-35(29,30)5)39-33(38)32(37-36)25-12-7-6-8-13-25/h6-8,12-14,23-24,27-31H,9-11,15-22H2,1-5H3/p+1/b33-32-/t24-,27+,28+,29-,30+,31+,34+,35-/m1/s1. The van der Waals surface area contributed by atoms with Gasteiger partial charge in [-0.05, 0) is 103 Å². The fourth-order valence-corrected chi connectivity index (χ4v) is 9.79. The number of allylic oxidation sites excluding steroid dienone is 1. The molecule has 0 amide bonds. The zero-order valence-electron chi connectivity index (χ0n) is 25.0. The molecule has 5 rings (SSSR count). The molecule has 4 heteroatoms. The maximum Gasteiger partial charge on any atom is 0.471 e. The van der Waals surface area contributed by atoms with Crippen molar-refractivity contribution in [1.82, 2.24) is 0 Å². The lowest BCUT2D eigenvalue weighted by atomic mass is 9.47. The molecule has 0 bridgehead atoms. The molecule has 8 atom stereocenters. The van der Waals surface area contributed by atoms with E-state index in [2.05, 4.69) is 45.7 Å². The third-order valence-electron chi connectivity index (χ3n) is 11.9. The molecular weight excluding hydrogens is 480 g/mol. The van der Waals surface area contributed by atoms with Crippen molar-refractivity contribution in [2.24, 2.45) is 46.3 Å². The van der Waals surface area contributed by atoms with Crippen LogP contribution in [0.2, 0.25) is 0 Å². The molecular formula is C35H51N2O2+. The lowest BCUT2D eigenvalue weighted by Crippen LogP contribution is -2.51. The molecule has 3 fully saturated rings. The number of hydrogen-bond donors (Lipinski definition) is 1. The van der Waals surface area contributed by atoms with Crippen LogP contribution in [-0.4, -0.2) is 11.2 Å². The average Bonchev–Trinajstić information content (AvgIpc) is 3.27. The third kappa shape index (κ3) is 5.28. The smallest absolute Gasteiger partial charge is 0.471 e. The van der Waals surface area contributed by atoms with Crippen molar-refractivity contribution in [3.8, 4) is 0 Å². The molecule has 0 unspecified atom stereocenters. The van der Waals surface area contributed by atoms with Gasteiger partial charge in [0.05, 0.1) is 5.56 Å². The van der Waals surface area contributed by atoms with Gasteiger partial charge in [0.1, 0.15) is 6.10 Å². The second kappa shape index (κ2) is 11.3. The molecule has 1 aromatic carbocycles.